The topological polar surface area (TPSA) is 49.8 Å². The van der Waals surface area contributed by atoms with Crippen molar-refractivity contribution in [2.75, 3.05) is 18.0 Å². The summed E-state index contributed by atoms with van der Waals surface area (Å²) in [5, 5.41) is 9.36. The summed E-state index contributed by atoms with van der Waals surface area (Å²) >= 11 is 0. The predicted octanol–water partition coefficient (Wildman–Crippen LogP) is 2.63. The second-order valence-corrected chi connectivity index (χ2v) is 6.39. The summed E-state index contributed by atoms with van der Waals surface area (Å²) in [5.41, 5.74) is 1.93. The molecule has 0 amide bonds. The van der Waals surface area contributed by atoms with E-state index in [1.807, 2.05) is 24.3 Å². The molecule has 2 aliphatic heterocycles. The molecule has 0 saturated carbocycles. The number of aliphatic carboxylic acids is 1. The highest BCUT2D eigenvalue weighted by molar-refractivity contribution is 5.82. The Bertz CT molecular complexity index is 526. The Kier molecular flexibility index (Phi) is 3.21. The standard InChI is InChI=1S/C16H21NO3/c1-16(2)8-7-11(20-16)9-17-10-13(15(18)19)12-5-3-4-6-14(12)17/h3-6,11,13H,7-10H2,1-2H3,(H,18,19). The van der Waals surface area contributed by atoms with Crippen molar-refractivity contribution < 1.29 is 14.6 Å². The van der Waals surface area contributed by atoms with Gasteiger partial charge in [0, 0.05) is 18.8 Å². The number of carboxylic acid groups (broad SMARTS) is 1. The Morgan fingerprint density at radius 2 is 2.20 bits per heavy atom. The van der Waals surface area contributed by atoms with Crippen LogP contribution in [-0.2, 0) is 9.53 Å². The van der Waals surface area contributed by atoms with Crippen LogP contribution in [0, 0.1) is 0 Å². The normalized spacial score (nSPS) is 27.6. The first-order chi connectivity index (χ1) is 9.46. The molecule has 1 N–H and O–H groups in total. The van der Waals surface area contributed by atoms with Crippen molar-refractivity contribution in [3.63, 3.8) is 0 Å². The van der Waals surface area contributed by atoms with E-state index in [4.69, 9.17) is 4.74 Å². The summed E-state index contributed by atoms with van der Waals surface area (Å²) in [7, 11) is 0. The monoisotopic (exact) mass is 275 g/mol. The maximum absolute atomic E-state index is 11.4. The molecule has 20 heavy (non-hydrogen) atoms. The third kappa shape index (κ3) is 2.40. The van der Waals surface area contributed by atoms with Gasteiger partial charge in [-0.25, -0.2) is 0 Å². The molecule has 1 saturated heterocycles. The lowest BCUT2D eigenvalue weighted by Gasteiger charge is -2.25. The Morgan fingerprint density at radius 1 is 1.45 bits per heavy atom. The molecular formula is C16H21NO3. The number of benzene rings is 1. The molecule has 0 radical (unpaired) electrons. The molecule has 0 bridgehead atoms. The second-order valence-electron chi connectivity index (χ2n) is 6.39. The summed E-state index contributed by atoms with van der Waals surface area (Å²) in [4.78, 5) is 13.6. The third-order valence-corrected chi connectivity index (χ3v) is 4.33. The van der Waals surface area contributed by atoms with Gasteiger partial charge < -0.3 is 14.7 Å². The van der Waals surface area contributed by atoms with Crippen LogP contribution in [-0.4, -0.2) is 35.9 Å². The smallest absolute Gasteiger partial charge is 0.312 e. The van der Waals surface area contributed by atoms with Gasteiger partial charge in [0.1, 0.15) is 5.92 Å². The third-order valence-electron chi connectivity index (χ3n) is 4.33. The summed E-state index contributed by atoms with van der Waals surface area (Å²) < 4.78 is 6.03. The maximum atomic E-state index is 11.4. The van der Waals surface area contributed by atoms with Gasteiger partial charge in [0.25, 0.3) is 0 Å². The zero-order chi connectivity index (χ0) is 14.3. The number of hydrogen-bond donors (Lipinski definition) is 1. The van der Waals surface area contributed by atoms with Gasteiger partial charge in [0.2, 0.25) is 0 Å². The molecule has 1 aromatic rings. The first-order valence-electron chi connectivity index (χ1n) is 7.21. The lowest BCUT2D eigenvalue weighted by atomic mass is 10.0. The summed E-state index contributed by atoms with van der Waals surface area (Å²) in [6, 6.07) is 7.81. The van der Waals surface area contributed by atoms with Crippen LogP contribution in [0.25, 0.3) is 0 Å². The van der Waals surface area contributed by atoms with E-state index >= 15 is 0 Å². The zero-order valence-electron chi connectivity index (χ0n) is 12.0. The zero-order valence-corrected chi connectivity index (χ0v) is 12.0. The average molecular weight is 275 g/mol. The van der Waals surface area contributed by atoms with E-state index in [0.29, 0.717) is 6.54 Å². The number of rotatable bonds is 3. The van der Waals surface area contributed by atoms with Crippen molar-refractivity contribution in [1.29, 1.82) is 0 Å². The van der Waals surface area contributed by atoms with E-state index in [2.05, 4.69) is 18.7 Å². The van der Waals surface area contributed by atoms with Gasteiger partial charge in [-0.1, -0.05) is 18.2 Å². The lowest BCUT2D eigenvalue weighted by Crippen LogP contribution is -2.34. The van der Waals surface area contributed by atoms with Crippen LogP contribution >= 0.6 is 0 Å². The molecule has 2 aliphatic rings. The van der Waals surface area contributed by atoms with E-state index in [1.165, 1.54) is 0 Å². The first-order valence-corrected chi connectivity index (χ1v) is 7.21. The molecule has 4 nitrogen and oxygen atoms in total. The van der Waals surface area contributed by atoms with E-state index in [-0.39, 0.29) is 11.7 Å². The number of fused-ring (bicyclic) bond motifs is 1. The molecule has 1 fully saturated rings. The molecule has 0 aromatic heterocycles. The van der Waals surface area contributed by atoms with E-state index in [1.54, 1.807) is 0 Å². The Balaban J connectivity index is 1.77. The average Bonchev–Trinajstić information content (AvgIpc) is 2.91. The molecule has 2 unspecified atom stereocenters. The van der Waals surface area contributed by atoms with E-state index in [9.17, 15) is 9.90 Å². The summed E-state index contributed by atoms with van der Waals surface area (Å²) in [6.45, 7) is 5.56. The van der Waals surface area contributed by atoms with Crippen molar-refractivity contribution in [2.24, 2.45) is 0 Å². The minimum Gasteiger partial charge on any atom is -0.481 e. The fourth-order valence-electron chi connectivity index (χ4n) is 3.32. The highest BCUT2D eigenvalue weighted by Crippen LogP contribution is 2.38. The minimum atomic E-state index is -0.743. The Labute approximate surface area is 119 Å². The first kappa shape index (κ1) is 13.4. The van der Waals surface area contributed by atoms with Crippen molar-refractivity contribution in [1.82, 2.24) is 0 Å². The van der Waals surface area contributed by atoms with Gasteiger partial charge in [-0.15, -0.1) is 0 Å². The Morgan fingerprint density at radius 3 is 2.85 bits per heavy atom. The molecular weight excluding hydrogens is 254 g/mol. The quantitative estimate of drug-likeness (QED) is 0.921. The number of para-hydroxylation sites is 1. The minimum absolute atomic E-state index is 0.0455. The van der Waals surface area contributed by atoms with Gasteiger partial charge in [-0.2, -0.15) is 0 Å². The second kappa shape index (κ2) is 4.77. The molecule has 1 aromatic carbocycles. The maximum Gasteiger partial charge on any atom is 0.312 e. The fourth-order valence-corrected chi connectivity index (χ4v) is 3.32. The number of nitrogens with zero attached hydrogens (tertiary/aromatic N) is 1. The van der Waals surface area contributed by atoms with Gasteiger partial charge in [0.15, 0.2) is 0 Å². The van der Waals surface area contributed by atoms with Crippen LogP contribution in [0.2, 0.25) is 0 Å². The summed E-state index contributed by atoms with van der Waals surface area (Å²) in [5.74, 6) is -1.16. The van der Waals surface area contributed by atoms with Crippen LogP contribution in [0.1, 0.15) is 38.2 Å². The van der Waals surface area contributed by atoms with Gasteiger partial charge >= 0.3 is 5.97 Å². The van der Waals surface area contributed by atoms with Crippen molar-refractivity contribution in [3.8, 4) is 0 Å². The summed E-state index contributed by atoms with van der Waals surface area (Å²) in [6.07, 6.45) is 2.31. The van der Waals surface area contributed by atoms with Crippen molar-refractivity contribution in [3.05, 3.63) is 29.8 Å². The van der Waals surface area contributed by atoms with Crippen LogP contribution in [0.15, 0.2) is 24.3 Å². The van der Waals surface area contributed by atoms with E-state index < -0.39 is 11.9 Å². The molecule has 3 rings (SSSR count). The van der Waals surface area contributed by atoms with Gasteiger partial charge in [-0.3, -0.25) is 4.79 Å². The molecule has 2 atom stereocenters. The molecule has 0 spiro atoms. The molecule has 2 heterocycles. The highest BCUT2D eigenvalue weighted by atomic mass is 16.5. The Hall–Kier alpha value is -1.55. The van der Waals surface area contributed by atoms with E-state index in [0.717, 1.165) is 30.6 Å². The number of ether oxygens (including phenoxy) is 1. The van der Waals surface area contributed by atoms with Crippen LogP contribution in [0.4, 0.5) is 5.69 Å². The molecule has 108 valence electrons. The lowest BCUT2D eigenvalue weighted by molar-refractivity contribution is -0.138. The number of carbonyl (C=O) groups is 1. The van der Waals surface area contributed by atoms with Crippen LogP contribution in [0.5, 0.6) is 0 Å². The van der Waals surface area contributed by atoms with Crippen molar-refractivity contribution in [2.45, 2.75) is 44.3 Å². The number of anilines is 1. The van der Waals surface area contributed by atoms with Gasteiger partial charge in [0.05, 0.1) is 11.7 Å². The van der Waals surface area contributed by atoms with Crippen LogP contribution < -0.4 is 4.90 Å². The van der Waals surface area contributed by atoms with Crippen molar-refractivity contribution >= 4 is 11.7 Å². The number of hydrogen-bond acceptors (Lipinski definition) is 3. The van der Waals surface area contributed by atoms with Gasteiger partial charge in [-0.05, 0) is 38.3 Å². The van der Waals surface area contributed by atoms with Crippen LogP contribution in [0.3, 0.4) is 0 Å². The molecule has 0 aliphatic carbocycles. The largest absolute Gasteiger partial charge is 0.481 e. The molecule has 4 heteroatoms. The fraction of sp³-hybridized carbons (Fsp3) is 0.562. The predicted molar refractivity (Wildman–Crippen MR) is 77.2 cm³/mol. The highest BCUT2D eigenvalue weighted by Gasteiger charge is 2.37. The number of carboxylic acids is 1. The SMILES string of the molecule is CC1(C)CCC(CN2CC(C(=O)O)c3ccccc32)O1.